The maximum Gasteiger partial charge on any atom is 0.269 e. The zero-order chi connectivity index (χ0) is 15.9. The molecule has 0 bridgehead atoms. The molecule has 1 aromatic carbocycles. The molecular weight excluding hydrogens is 280 g/mol. The van der Waals surface area contributed by atoms with E-state index in [0.29, 0.717) is 12.5 Å². The number of nitrogens with one attached hydrogen (secondary N) is 1. The number of hydrogen-bond acceptors (Lipinski definition) is 3. The fourth-order valence-electron chi connectivity index (χ4n) is 2.70. The summed E-state index contributed by atoms with van der Waals surface area (Å²) in [6.45, 7) is 7.78. The third kappa shape index (κ3) is 4.44. The molecule has 0 saturated carbocycles. The van der Waals surface area contributed by atoms with E-state index in [1.54, 1.807) is 12.1 Å². The van der Waals surface area contributed by atoms with Gasteiger partial charge in [-0.15, -0.1) is 0 Å². The molecule has 1 atom stereocenters. The lowest BCUT2D eigenvalue weighted by Gasteiger charge is -2.33. The predicted molar refractivity (Wildman–Crippen MR) is 87.9 cm³/mol. The maximum absolute atomic E-state index is 10.7. The fourth-order valence-corrected chi connectivity index (χ4v) is 2.70. The first kappa shape index (κ1) is 16.3. The monoisotopic (exact) mass is 304 g/mol. The van der Waals surface area contributed by atoms with Crippen molar-refractivity contribution < 1.29 is 4.92 Å². The number of guanidine groups is 1. The van der Waals surface area contributed by atoms with Gasteiger partial charge in [0, 0.05) is 31.8 Å². The van der Waals surface area contributed by atoms with E-state index in [1.165, 1.54) is 25.0 Å². The Hall–Kier alpha value is -2.11. The third-order valence-electron chi connectivity index (χ3n) is 3.85. The zero-order valence-corrected chi connectivity index (χ0v) is 13.3. The van der Waals surface area contributed by atoms with Gasteiger partial charge in [0.1, 0.15) is 0 Å². The van der Waals surface area contributed by atoms with Gasteiger partial charge in [0.25, 0.3) is 5.69 Å². The average molecular weight is 304 g/mol. The van der Waals surface area contributed by atoms with Crippen molar-refractivity contribution >= 4 is 11.6 Å². The standard InChI is InChI=1S/C16H24N4O2/c1-3-17-16(19-10-4-5-13(2)12-19)18-11-14-6-8-15(9-7-14)20(21)22/h6-9,13H,3-5,10-12H2,1-2H3,(H,17,18). The highest BCUT2D eigenvalue weighted by atomic mass is 16.6. The van der Waals surface area contributed by atoms with E-state index in [9.17, 15) is 10.1 Å². The number of piperidine rings is 1. The quantitative estimate of drug-likeness (QED) is 0.402. The van der Waals surface area contributed by atoms with Crippen LogP contribution in [0.25, 0.3) is 0 Å². The van der Waals surface area contributed by atoms with Gasteiger partial charge in [-0.1, -0.05) is 19.1 Å². The highest BCUT2D eigenvalue weighted by Crippen LogP contribution is 2.16. The number of hydrogen-bond donors (Lipinski definition) is 1. The number of nitro benzene ring substituents is 1. The lowest BCUT2D eigenvalue weighted by molar-refractivity contribution is -0.384. The molecular formula is C16H24N4O2. The molecule has 6 nitrogen and oxygen atoms in total. The smallest absolute Gasteiger partial charge is 0.269 e. The Balaban J connectivity index is 2.04. The minimum absolute atomic E-state index is 0.115. The van der Waals surface area contributed by atoms with Crippen LogP contribution in [0.1, 0.15) is 32.3 Å². The molecule has 22 heavy (non-hydrogen) atoms. The van der Waals surface area contributed by atoms with Gasteiger partial charge in [-0.05, 0) is 31.2 Å². The Kier molecular flexibility index (Phi) is 5.75. The number of non-ortho nitro benzene ring substituents is 1. The molecule has 0 radical (unpaired) electrons. The van der Waals surface area contributed by atoms with Gasteiger partial charge < -0.3 is 10.2 Å². The Morgan fingerprint density at radius 3 is 2.77 bits per heavy atom. The molecule has 1 fully saturated rings. The summed E-state index contributed by atoms with van der Waals surface area (Å²) in [6, 6.07) is 6.59. The minimum Gasteiger partial charge on any atom is -0.357 e. The molecule has 120 valence electrons. The van der Waals surface area contributed by atoms with E-state index in [-0.39, 0.29) is 10.6 Å². The fraction of sp³-hybridized carbons (Fsp3) is 0.562. The number of rotatable bonds is 4. The van der Waals surface area contributed by atoms with Crippen molar-refractivity contribution in [2.75, 3.05) is 19.6 Å². The Labute approximate surface area is 131 Å². The van der Waals surface area contributed by atoms with Crippen molar-refractivity contribution in [3.05, 3.63) is 39.9 Å². The van der Waals surface area contributed by atoms with Crippen LogP contribution in [0.5, 0.6) is 0 Å². The first-order valence-corrected chi connectivity index (χ1v) is 7.86. The van der Waals surface area contributed by atoms with Crippen molar-refractivity contribution in [3.8, 4) is 0 Å². The van der Waals surface area contributed by atoms with Gasteiger partial charge in [0.15, 0.2) is 5.96 Å². The second-order valence-electron chi connectivity index (χ2n) is 5.79. The number of nitrogens with zero attached hydrogens (tertiary/aromatic N) is 3. The van der Waals surface area contributed by atoms with Crippen molar-refractivity contribution in [1.29, 1.82) is 0 Å². The average Bonchev–Trinajstić information content (AvgIpc) is 2.52. The molecule has 0 amide bonds. The second-order valence-corrected chi connectivity index (χ2v) is 5.79. The SMILES string of the molecule is CCNC(=NCc1ccc([N+](=O)[O-])cc1)N1CCCC(C)C1. The molecule has 2 rings (SSSR count). The Morgan fingerprint density at radius 1 is 1.45 bits per heavy atom. The molecule has 1 unspecified atom stereocenters. The minimum atomic E-state index is -0.383. The van der Waals surface area contributed by atoms with Gasteiger partial charge in [-0.25, -0.2) is 4.99 Å². The van der Waals surface area contributed by atoms with Gasteiger partial charge in [-0.2, -0.15) is 0 Å². The number of likely N-dealkylation sites (tertiary alicyclic amines) is 1. The van der Waals surface area contributed by atoms with Crippen molar-refractivity contribution in [1.82, 2.24) is 10.2 Å². The van der Waals surface area contributed by atoms with Crippen LogP contribution in [0.4, 0.5) is 5.69 Å². The van der Waals surface area contributed by atoms with Crippen LogP contribution in [-0.4, -0.2) is 35.4 Å². The largest absolute Gasteiger partial charge is 0.357 e. The summed E-state index contributed by atoms with van der Waals surface area (Å²) < 4.78 is 0. The summed E-state index contributed by atoms with van der Waals surface area (Å²) in [4.78, 5) is 17.3. The van der Waals surface area contributed by atoms with Crippen LogP contribution in [0.2, 0.25) is 0 Å². The van der Waals surface area contributed by atoms with Crippen molar-refractivity contribution in [3.63, 3.8) is 0 Å². The van der Waals surface area contributed by atoms with Crippen LogP contribution in [0, 0.1) is 16.0 Å². The topological polar surface area (TPSA) is 70.8 Å². The summed E-state index contributed by atoms with van der Waals surface area (Å²) in [5.41, 5.74) is 1.09. The molecule has 1 aromatic rings. The lowest BCUT2D eigenvalue weighted by atomic mass is 10.0. The van der Waals surface area contributed by atoms with E-state index < -0.39 is 0 Å². The normalized spacial score (nSPS) is 19.1. The molecule has 1 aliphatic rings. The summed E-state index contributed by atoms with van der Waals surface area (Å²) in [5.74, 6) is 1.63. The number of aliphatic imine (C=N–C) groups is 1. The van der Waals surface area contributed by atoms with Gasteiger partial charge in [-0.3, -0.25) is 10.1 Å². The number of nitro groups is 1. The third-order valence-corrected chi connectivity index (χ3v) is 3.85. The van der Waals surface area contributed by atoms with Gasteiger partial charge >= 0.3 is 0 Å². The first-order chi connectivity index (χ1) is 10.6. The van der Waals surface area contributed by atoms with E-state index in [2.05, 4.69) is 29.1 Å². The highest BCUT2D eigenvalue weighted by molar-refractivity contribution is 5.80. The molecule has 1 N–H and O–H groups in total. The molecule has 6 heteroatoms. The molecule has 0 spiro atoms. The predicted octanol–water partition coefficient (Wildman–Crippen LogP) is 2.79. The van der Waals surface area contributed by atoms with E-state index in [0.717, 1.165) is 31.2 Å². The molecule has 1 aliphatic heterocycles. The van der Waals surface area contributed by atoms with Crippen molar-refractivity contribution in [2.24, 2.45) is 10.9 Å². The Morgan fingerprint density at radius 2 is 2.18 bits per heavy atom. The molecule has 0 aliphatic carbocycles. The van der Waals surface area contributed by atoms with Crippen LogP contribution >= 0.6 is 0 Å². The molecule has 1 saturated heterocycles. The summed E-state index contributed by atoms with van der Waals surface area (Å²) in [5, 5.41) is 14.0. The highest BCUT2D eigenvalue weighted by Gasteiger charge is 2.19. The summed E-state index contributed by atoms with van der Waals surface area (Å²) in [7, 11) is 0. The number of benzene rings is 1. The van der Waals surface area contributed by atoms with E-state index in [1.807, 2.05) is 0 Å². The van der Waals surface area contributed by atoms with E-state index >= 15 is 0 Å². The Bertz CT molecular complexity index is 527. The van der Waals surface area contributed by atoms with Crippen LogP contribution < -0.4 is 5.32 Å². The zero-order valence-electron chi connectivity index (χ0n) is 13.3. The maximum atomic E-state index is 10.7. The van der Waals surface area contributed by atoms with Crippen LogP contribution in [0.15, 0.2) is 29.3 Å². The molecule has 1 heterocycles. The van der Waals surface area contributed by atoms with Crippen LogP contribution in [0.3, 0.4) is 0 Å². The van der Waals surface area contributed by atoms with E-state index in [4.69, 9.17) is 0 Å². The van der Waals surface area contributed by atoms with Crippen LogP contribution in [-0.2, 0) is 6.54 Å². The summed E-state index contributed by atoms with van der Waals surface area (Å²) >= 11 is 0. The first-order valence-electron chi connectivity index (χ1n) is 7.86. The second kappa shape index (κ2) is 7.77. The molecule has 0 aromatic heterocycles. The summed E-state index contributed by atoms with van der Waals surface area (Å²) in [6.07, 6.45) is 2.47. The van der Waals surface area contributed by atoms with Crippen molar-refractivity contribution in [2.45, 2.75) is 33.2 Å². The lowest BCUT2D eigenvalue weighted by Crippen LogP contribution is -2.46. The van der Waals surface area contributed by atoms with Gasteiger partial charge in [0.2, 0.25) is 0 Å². The van der Waals surface area contributed by atoms with Gasteiger partial charge in [0.05, 0.1) is 11.5 Å².